The Kier molecular flexibility index (Phi) is 14.0. The van der Waals surface area contributed by atoms with E-state index in [0.717, 1.165) is 0 Å². The molecule has 16 heteroatoms. The van der Waals surface area contributed by atoms with Gasteiger partial charge in [0.25, 0.3) is 0 Å². The first-order valence-electron chi connectivity index (χ1n) is 12.5. The number of rotatable bonds is 18. The molecule has 1 heterocycles. The Morgan fingerprint density at radius 3 is 2.23 bits per heavy atom. The average Bonchev–Trinajstić information content (AvgIpc) is 3.38. The Labute approximate surface area is 225 Å². The van der Waals surface area contributed by atoms with Gasteiger partial charge in [-0.1, -0.05) is 20.3 Å². The van der Waals surface area contributed by atoms with E-state index in [1.54, 1.807) is 13.8 Å². The molecule has 0 spiro atoms. The lowest BCUT2D eigenvalue weighted by Gasteiger charge is -2.28. The van der Waals surface area contributed by atoms with Crippen LogP contribution < -0.4 is 33.2 Å². The fraction of sp³-hybridized carbons (Fsp3) is 0.609. The Morgan fingerprint density at radius 2 is 1.69 bits per heavy atom. The lowest BCUT2D eigenvalue weighted by Crippen LogP contribution is -2.59. The first-order valence-corrected chi connectivity index (χ1v) is 12.5. The van der Waals surface area contributed by atoms with Gasteiger partial charge in [0.15, 0.2) is 5.96 Å². The lowest BCUT2D eigenvalue weighted by molar-refractivity contribution is -0.143. The number of guanidine groups is 1. The molecule has 5 atom stereocenters. The van der Waals surface area contributed by atoms with E-state index in [1.165, 1.54) is 12.5 Å². The lowest BCUT2D eigenvalue weighted by atomic mass is 9.96. The van der Waals surface area contributed by atoms with Crippen molar-refractivity contribution in [3.63, 3.8) is 0 Å². The number of aromatic amines is 1. The highest BCUT2D eigenvalue weighted by Gasteiger charge is 2.33. The molecule has 0 radical (unpaired) electrons. The van der Waals surface area contributed by atoms with E-state index < -0.39 is 66.2 Å². The molecule has 3 amide bonds. The molecule has 5 unspecified atom stereocenters. The van der Waals surface area contributed by atoms with Crippen molar-refractivity contribution >= 4 is 35.6 Å². The summed E-state index contributed by atoms with van der Waals surface area (Å²) in [6.45, 7) is 3.74. The minimum atomic E-state index is -1.46. The minimum absolute atomic E-state index is 0.00347. The van der Waals surface area contributed by atoms with Crippen LogP contribution in [0.4, 0.5) is 0 Å². The van der Waals surface area contributed by atoms with Gasteiger partial charge in [-0.15, -0.1) is 0 Å². The maximum absolute atomic E-state index is 13.3. The van der Waals surface area contributed by atoms with Gasteiger partial charge < -0.3 is 48.3 Å². The smallest absolute Gasteiger partial charge is 0.326 e. The molecule has 0 aliphatic carbocycles. The first kappa shape index (κ1) is 32.8. The van der Waals surface area contributed by atoms with Crippen LogP contribution in [0.1, 0.15) is 51.6 Å². The molecule has 1 aromatic heterocycles. The van der Waals surface area contributed by atoms with Crippen LogP contribution in [0.15, 0.2) is 17.5 Å². The molecule has 12 N–H and O–H groups in total. The summed E-state index contributed by atoms with van der Waals surface area (Å²) in [7, 11) is 0. The fourth-order valence-electron chi connectivity index (χ4n) is 3.50. The number of nitrogens with one attached hydrogen (secondary N) is 4. The zero-order chi connectivity index (χ0) is 29.5. The van der Waals surface area contributed by atoms with Crippen molar-refractivity contribution in [2.45, 2.75) is 76.5 Å². The molecular weight excluding hydrogens is 514 g/mol. The number of carboxylic acid groups (broad SMARTS) is 2. The molecule has 0 aliphatic heterocycles. The highest BCUT2D eigenvalue weighted by Crippen LogP contribution is 2.11. The second-order valence-electron chi connectivity index (χ2n) is 9.10. The largest absolute Gasteiger partial charge is 0.481 e. The topological polar surface area (TPSA) is 281 Å². The van der Waals surface area contributed by atoms with Crippen LogP contribution in [0.25, 0.3) is 0 Å². The quantitative estimate of drug-likeness (QED) is 0.0533. The third kappa shape index (κ3) is 12.3. The molecule has 0 bridgehead atoms. The number of nitrogens with zero attached hydrogens (tertiary/aromatic N) is 2. The van der Waals surface area contributed by atoms with E-state index in [2.05, 4.69) is 30.9 Å². The average molecular weight is 554 g/mol. The van der Waals surface area contributed by atoms with Crippen molar-refractivity contribution in [3.8, 4) is 0 Å². The first-order chi connectivity index (χ1) is 18.3. The van der Waals surface area contributed by atoms with Gasteiger partial charge in [-0.05, 0) is 25.2 Å². The maximum atomic E-state index is 13.3. The number of aromatic nitrogens is 2. The van der Waals surface area contributed by atoms with Gasteiger partial charge in [0.05, 0.1) is 12.4 Å². The predicted molar refractivity (Wildman–Crippen MR) is 140 cm³/mol. The third-order valence-corrected chi connectivity index (χ3v) is 5.97. The van der Waals surface area contributed by atoms with Gasteiger partial charge in [-0.25, -0.2) is 9.78 Å². The molecule has 0 aromatic carbocycles. The number of hydrogen-bond acceptors (Lipinski definition) is 8. The molecule has 1 rings (SSSR count). The van der Waals surface area contributed by atoms with E-state index in [9.17, 15) is 29.1 Å². The van der Waals surface area contributed by atoms with Crippen LogP contribution in [0, 0.1) is 5.92 Å². The number of carboxylic acids is 2. The molecule has 0 saturated heterocycles. The Morgan fingerprint density at radius 1 is 1.03 bits per heavy atom. The maximum Gasteiger partial charge on any atom is 0.326 e. The highest BCUT2D eigenvalue weighted by atomic mass is 16.4. The van der Waals surface area contributed by atoms with E-state index >= 15 is 0 Å². The molecule has 218 valence electrons. The van der Waals surface area contributed by atoms with Crippen molar-refractivity contribution in [3.05, 3.63) is 18.2 Å². The number of carbonyl (C=O) groups is 5. The number of amides is 3. The van der Waals surface area contributed by atoms with Gasteiger partial charge in [-0.2, -0.15) is 0 Å². The normalized spacial score (nSPS) is 14.6. The van der Waals surface area contributed by atoms with Crippen LogP contribution >= 0.6 is 0 Å². The Balaban J connectivity index is 3.02. The van der Waals surface area contributed by atoms with E-state index in [1.807, 2.05) is 0 Å². The van der Waals surface area contributed by atoms with Gasteiger partial charge in [0, 0.05) is 31.3 Å². The molecule has 0 fully saturated rings. The summed E-state index contributed by atoms with van der Waals surface area (Å²) in [6.07, 6.45) is 3.19. The predicted octanol–water partition coefficient (Wildman–Crippen LogP) is -2.22. The van der Waals surface area contributed by atoms with Crippen LogP contribution in [0.3, 0.4) is 0 Å². The molecule has 39 heavy (non-hydrogen) atoms. The molecule has 0 aliphatic rings. The summed E-state index contributed by atoms with van der Waals surface area (Å²) in [5.74, 6) is -5.23. The van der Waals surface area contributed by atoms with Gasteiger partial charge in [-0.3, -0.25) is 24.2 Å². The standard InChI is InChI=1S/C23H39N9O7/c1-3-12(2)18(21(37)30-15(22(38)39)6-7-17(33)34)32-20(36)16(9-13-10-27-11-29-13)31-19(35)14(24)5-4-8-28-23(25)26/h10-12,14-16,18H,3-9,24H2,1-2H3,(H,27,29)(H,30,37)(H,31,35)(H,32,36)(H,33,34)(H,38,39)(H4,25,26,28). The number of carbonyl (C=O) groups excluding carboxylic acids is 3. The number of H-pyrrole nitrogens is 1. The summed E-state index contributed by atoms with van der Waals surface area (Å²) in [6, 6.07) is -4.74. The van der Waals surface area contributed by atoms with Crippen LogP contribution in [-0.4, -0.2) is 86.5 Å². The molecule has 1 aromatic rings. The molecule has 0 saturated carbocycles. The Hall–Kier alpha value is -4.21. The van der Waals surface area contributed by atoms with E-state index in [-0.39, 0.29) is 31.8 Å². The molecular formula is C23H39N9O7. The van der Waals surface area contributed by atoms with Crippen molar-refractivity contribution in [1.82, 2.24) is 25.9 Å². The van der Waals surface area contributed by atoms with Crippen LogP contribution in [-0.2, 0) is 30.4 Å². The fourth-order valence-corrected chi connectivity index (χ4v) is 3.50. The van der Waals surface area contributed by atoms with Crippen molar-refractivity contribution < 1.29 is 34.2 Å². The van der Waals surface area contributed by atoms with E-state index in [0.29, 0.717) is 18.5 Å². The number of nitrogens with two attached hydrogens (primary N) is 3. The summed E-state index contributed by atoms with van der Waals surface area (Å²) >= 11 is 0. The summed E-state index contributed by atoms with van der Waals surface area (Å²) in [5, 5.41) is 25.8. The zero-order valence-electron chi connectivity index (χ0n) is 22.1. The van der Waals surface area contributed by atoms with Crippen molar-refractivity contribution in [2.24, 2.45) is 28.1 Å². The summed E-state index contributed by atoms with van der Waals surface area (Å²) in [5.41, 5.74) is 17.1. The van der Waals surface area contributed by atoms with Gasteiger partial charge in [0.1, 0.15) is 18.1 Å². The second-order valence-corrected chi connectivity index (χ2v) is 9.10. The number of aliphatic carboxylic acids is 2. The number of hydrogen-bond donors (Lipinski definition) is 9. The number of aliphatic imine (C=N–C) groups is 1. The number of imidazole rings is 1. The highest BCUT2D eigenvalue weighted by molar-refractivity contribution is 5.94. The Bertz CT molecular complexity index is 996. The monoisotopic (exact) mass is 553 g/mol. The third-order valence-electron chi connectivity index (χ3n) is 5.97. The summed E-state index contributed by atoms with van der Waals surface area (Å²) in [4.78, 5) is 72.1. The molecule has 16 nitrogen and oxygen atoms in total. The van der Waals surface area contributed by atoms with Gasteiger partial charge in [0.2, 0.25) is 17.7 Å². The SMILES string of the molecule is CCC(C)C(NC(=O)C(Cc1cnc[nH]1)NC(=O)C(N)CCCN=C(N)N)C(=O)NC(CCC(=O)O)C(=O)O. The van der Waals surface area contributed by atoms with Crippen LogP contribution in [0.5, 0.6) is 0 Å². The zero-order valence-corrected chi connectivity index (χ0v) is 22.1. The van der Waals surface area contributed by atoms with Crippen molar-refractivity contribution in [2.75, 3.05) is 6.54 Å². The summed E-state index contributed by atoms with van der Waals surface area (Å²) < 4.78 is 0. The second kappa shape index (κ2) is 16.6. The minimum Gasteiger partial charge on any atom is -0.481 e. The van der Waals surface area contributed by atoms with E-state index in [4.69, 9.17) is 22.3 Å². The van der Waals surface area contributed by atoms with Crippen molar-refractivity contribution in [1.29, 1.82) is 0 Å². The van der Waals surface area contributed by atoms with Gasteiger partial charge >= 0.3 is 11.9 Å². The van der Waals surface area contributed by atoms with Crippen LogP contribution in [0.2, 0.25) is 0 Å².